The van der Waals surface area contributed by atoms with Crippen LogP contribution in [-0.2, 0) is 16.1 Å². The second kappa shape index (κ2) is 4.46. The Morgan fingerprint density at radius 3 is 2.42 bits per heavy atom. The largest absolute Gasteiger partial charge is 0.598 e. The molecule has 0 saturated heterocycles. The first-order valence-electron chi connectivity index (χ1n) is 4.34. The summed E-state index contributed by atoms with van der Waals surface area (Å²) in [6.45, 7) is 1.89. The highest BCUT2D eigenvalue weighted by atomic mass is 32.2. The second-order valence-electron chi connectivity index (χ2n) is 3.42. The van der Waals surface area contributed by atoms with E-state index in [4.69, 9.17) is 9.88 Å². The third-order valence-electron chi connectivity index (χ3n) is 2.72. The van der Waals surface area contributed by atoms with Gasteiger partial charge in [-0.25, -0.2) is 0 Å². The summed E-state index contributed by atoms with van der Waals surface area (Å²) in [4.78, 5) is 0. The van der Waals surface area contributed by atoms with Gasteiger partial charge in [0.1, 0.15) is 6.10 Å². The summed E-state index contributed by atoms with van der Waals surface area (Å²) in [6.07, 6.45) is 3.75. The van der Waals surface area contributed by atoms with Gasteiger partial charge in [-0.3, -0.25) is 0 Å². The predicted octanol–water partition coefficient (Wildman–Crippen LogP) is 0.812. The van der Waals surface area contributed by atoms with Crippen LogP contribution in [0.25, 0.3) is 0 Å². The van der Waals surface area contributed by atoms with Crippen molar-refractivity contribution >= 4 is 11.4 Å². The van der Waals surface area contributed by atoms with Gasteiger partial charge in [-0.15, -0.1) is 0 Å². The number of ether oxygens (including phenoxy) is 1. The maximum absolute atomic E-state index is 11.0. The molecule has 0 bridgehead atoms. The molecule has 1 aliphatic carbocycles. The van der Waals surface area contributed by atoms with E-state index in [2.05, 4.69) is 0 Å². The molecular formula is C8H17NO2S. The van der Waals surface area contributed by atoms with Crippen LogP contribution in [0.4, 0.5) is 0 Å². The number of methoxy groups -OCH3 is 1. The number of nitrogens with two attached hydrogens (primary N) is 1. The van der Waals surface area contributed by atoms with Crippen LogP contribution in [0.5, 0.6) is 0 Å². The van der Waals surface area contributed by atoms with E-state index in [1.807, 2.05) is 6.92 Å². The lowest BCUT2D eigenvalue weighted by Gasteiger charge is -2.35. The quantitative estimate of drug-likeness (QED) is 0.669. The molecule has 0 aromatic heterocycles. The number of rotatable bonds is 4. The van der Waals surface area contributed by atoms with Gasteiger partial charge in [0, 0.05) is 18.5 Å². The van der Waals surface area contributed by atoms with Crippen molar-refractivity contribution in [1.82, 2.24) is 0 Å². The predicted molar refractivity (Wildman–Crippen MR) is 49.9 cm³/mol. The van der Waals surface area contributed by atoms with Gasteiger partial charge in [0.15, 0.2) is 5.25 Å². The van der Waals surface area contributed by atoms with Crippen molar-refractivity contribution in [3.05, 3.63) is 0 Å². The topological polar surface area (TPSA) is 58.3 Å². The first kappa shape index (κ1) is 10.3. The van der Waals surface area contributed by atoms with Gasteiger partial charge in [0.25, 0.3) is 0 Å². The van der Waals surface area contributed by atoms with Crippen LogP contribution in [0.3, 0.4) is 0 Å². The molecule has 0 aromatic rings. The fraction of sp³-hybridized carbons (Fsp3) is 1.00. The highest BCUT2D eigenvalue weighted by Gasteiger charge is 2.36. The Hall–Kier alpha value is 0.230. The monoisotopic (exact) mass is 191 g/mol. The average molecular weight is 191 g/mol. The Balaban J connectivity index is 2.42. The van der Waals surface area contributed by atoms with Crippen LogP contribution in [-0.4, -0.2) is 23.0 Å². The van der Waals surface area contributed by atoms with Crippen molar-refractivity contribution in [2.24, 2.45) is 11.1 Å². The molecule has 1 saturated carbocycles. The molecule has 0 heterocycles. The van der Waals surface area contributed by atoms with E-state index in [0.29, 0.717) is 5.92 Å². The van der Waals surface area contributed by atoms with Crippen LogP contribution in [0.1, 0.15) is 26.2 Å². The normalized spacial score (nSPS) is 26.0. The molecule has 0 spiro atoms. The van der Waals surface area contributed by atoms with Crippen LogP contribution in [0, 0.1) is 5.92 Å². The van der Waals surface area contributed by atoms with E-state index in [1.54, 1.807) is 7.11 Å². The van der Waals surface area contributed by atoms with Gasteiger partial charge in [0.2, 0.25) is 0 Å². The molecule has 0 aliphatic heterocycles. The molecule has 1 unspecified atom stereocenters. The van der Waals surface area contributed by atoms with E-state index in [1.165, 1.54) is 19.3 Å². The highest BCUT2D eigenvalue weighted by molar-refractivity contribution is 7.89. The van der Waals surface area contributed by atoms with Crippen molar-refractivity contribution in [2.45, 2.75) is 37.5 Å². The summed E-state index contributed by atoms with van der Waals surface area (Å²) in [6, 6.07) is 0. The maximum Gasteiger partial charge on any atom is 0.158 e. The number of hydrogen-bond donors (Lipinski definition) is 1. The van der Waals surface area contributed by atoms with Gasteiger partial charge < -0.3 is 9.29 Å². The zero-order valence-corrected chi connectivity index (χ0v) is 8.47. The summed E-state index contributed by atoms with van der Waals surface area (Å²) >= 11 is -1.25. The second-order valence-corrected chi connectivity index (χ2v) is 4.83. The summed E-state index contributed by atoms with van der Waals surface area (Å²) < 4.78 is 16.3. The Morgan fingerprint density at radius 1 is 1.58 bits per heavy atom. The van der Waals surface area contributed by atoms with Gasteiger partial charge in [-0.05, 0) is 25.7 Å². The zero-order valence-electron chi connectivity index (χ0n) is 7.66. The third kappa shape index (κ3) is 2.13. The molecular weight excluding hydrogens is 174 g/mol. The number of hydrogen-bond acceptors (Lipinski definition) is 3. The molecule has 0 aromatic carbocycles. The molecule has 72 valence electrons. The molecule has 4 heteroatoms. The summed E-state index contributed by atoms with van der Waals surface area (Å²) in [5, 5.41) is 5.28. The minimum absolute atomic E-state index is 0.0414. The van der Waals surface area contributed by atoms with Crippen molar-refractivity contribution in [3.63, 3.8) is 0 Å². The average Bonchev–Trinajstić information content (AvgIpc) is 1.94. The highest BCUT2D eigenvalue weighted by Crippen LogP contribution is 2.33. The molecule has 2 N–H and O–H groups in total. The Kier molecular flexibility index (Phi) is 3.83. The van der Waals surface area contributed by atoms with Crippen molar-refractivity contribution in [2.75, 3.05) is 7.11 Å². The molecule has 1 aliphatic rings. The Morgan fingerprint density at radius 2 is 2.17 bits per heavy atom. The molecule has 1 rings (SSSR count). The third-order valence-corrected chi connectivity index (χ3v) is 3.72. The van der Waals surface area contributed by atoms with Crippen LogP contribution >= 0.6 is 0 Å². The SMILES string of the molecule is CO[C@@H](C1CCC1)[C@H](C)[S+](N)[O-]. The van der Waals surface area contributed by atoms with Crippen molar-refractivity contribution < 1.29 is 9.29 Å². The first-order valence-corrected chi connectivity index (χ1v) is 5.62. The van der Waals surface area contributed by atoms with Gasteiger partial charge >= 0.3 is 0 Å². The van der Waals surface area contributed by atoms with E-state index < -0.39 is 11.4 Å². The smallest absolute Gasteiger partial charge is 0.158 e. The zero-order chi connectivity index (χ0) is 9.14. The molecule has 12 heavy (non-hydrogen) atoms. The summed E-state index contributed by atoms with van der Waals surface area (Å²) in [5.74, 6) is 0.581. The van der Waals surface area contributed by atoms with Crippen LogP contribution < -0.4 is 5.14 Å². The van der Waals surface area contributed by atoms with Gasteiger partial charge in [-0.1, -0.05) is 6.42 Å². The molecule has 3 nitrogen and oxygen atoms in total. The van der Waals surface area contributed by atoms with Crippen LogP contribution in [0.2, 0.25) is 0 Å². The van der Waals surface area contributed by atoms with Gasteiger partial charge in [0.05, 0.1) is 0 Å². The standard InChI is InChI=1S/C8H17NO2S/c1-6(12(9)10)8(11-2)7-4-3-5-7/h6-8H,3-5,9H2,1-2H3/t6-,8+,12?/m0/s1. The van der Waals surface area contributed by atoms with E-state index in [9.17, 15) is 4.55 Å². The van der Waals surface area contributed by atoms with E-state index in [0.717, 1.165) is 0 Å². The van der Waals surface area contributed by atoms with Crippen molar-refractivity contribution in [1.29, 1.82) is 0 Å². The molecule has 0 amide bonds. The minimum Gasteiger partial charge on any atom is -0.598 e. The van der Waals surface area contributed by atoms with E-state index in [-0.39, 0.29) is 11.4 Å². The lowest BCUT2D eigenvalue weighted by atomic mass is 9.80. The first-order chi connectivity index (χ1) is 5.66. The van der Waals surface area contributed by atoms with E-state index >= 15 is 0 Å². The fourth-order valence-electron chi connectivity index (χ4n) is 1.67. The molecule has 1 fully saturated rings. The minimum atomic E-state index is -1.25. The fourth-order valence-corrected chi connectivity index (χ4v) is 2.27. The lowest BCUT2D eigenvalue weighted by Crippen LogP contribution is -2.43. The Labute approximate surface area is 77.0 Å². The maximum atomic E-state index is 11.0. The summed E-state index contributed by atoms with van der Waals surface area (Å²) in [7, 11) is 1.67. The lowest BCUT2D eigenvalue weighted by molar-refractivity contribution is 0.0193. The Bertz CT molecular complexity index is 139. The summed E-state index contributed by atoms with van der Waals surface area (Å²) in [5.41, 5.74) is 0. The molecule has 0 radical (unpaired) electrons. The van der Waals surface area contributed by atoms with Gasteiger partial charge in [-0.2, -0.15) is 5.14 Å². The van der Waals surface area contributed by atoms with Crippen molar-refractivity contribution in [3.8, 4) is 0 Å². The molecule has 3 atom stereocenters. The van der Waals surface area contributed by atoms with Crippen LogP contribution in [0.15, 0.2) is 0 Å².